The maximum Gasteiger partial charge on any atom is 0.221 e. The third-order valence-corrected chi connectivity index (χ3v) is 4.87. The molecule has 0 radical (unpaired) electrons. The second-order valence-electron chi connectivity index (χ2n) is 6.17. The normalized spacial score (nSPS) is 17.6. The highest BCUT2D eigenvalue weighted by Gasteiger charge is 2.20. The van der Waals surface area contributed by atoms with Crippen molar-refractivity contribution >= 4 is 15.9 Å². The summed E-state index contributed by atoms with van der Waals surface area (Å²) in [5, 5.41) is 3.02. The first-order valence-electron chi connectivity index (χ1n) is 7.53. The molecule has 0 bridgehead atoms. The van der Waals surface area contributed by atoms with E-state index in [1.54, 1.807) is 0 Å². The number of carbonyl (C=O) groups excluding carboxylic acids is 1. The molecule has 6 heteroatoms. The Morgan fingerprint density at radius 2 is 1.85 bits per heavy atom. The van der Waals surface area contributed by atoms with Gasteiger partial charge in [-0.2, -0.15) is 0 Å². The van der Waals surface area contributed by atoms with E-state index in [2.05, 4.69) is 5.32 Å². The fraction of sp³-hybridized carbons (Fsp3) is 0.929. The van der Waals surface area contributed by atoms with E-state index in [9.17, 15) is 13.2 Å². The quantitative estimate of drug-likeness (QED) is 0.779. The van der Waals surface area contributed by atoms with Crippen LogP contribution in [0.1, 0.15) is 52.4 Å². The predicted molar refractivity (Wildman–Crippen MR) is 80.9 cm³/mol. The van der Waals surface area contributed by atoms with Crippen LogP contribution in [0.4, 0.5) is 0 Å². The number of nitrogens with zero attached hydrogens (tertiary/aromatic N) is 1. The van der Waals surface area contributed by atoms with Gasteiger partial charge in [-0.25, -0.2) is 12.7 Å². The molecule has 0 aromatic rings. The van der Waals surface area contributed by atoms with E-state index in [1.807, 2.05) is 13.8 Å². The summed E-state index contributed by atoms with van der Waals surface area (Å²) in [6, 6.07) is 0.285. The Bertz CT molecular complexity index is 401. The van der Waals surface area contributed by atoms with E-state index in [4.69, 9.17) is 0 Å². The van der Waals surface area contributed by atoms with Gasteiger partial charge in [-0.15, -0.1) is 0 Å². The van der Waals surface area contributed by atoms with Gasteiger partial charge in [0.2, 0.25) is 15.9 Å². The summed E-state index contributed by atoms with van der Waals surface area (Å²) in [7, 11) is -3.24. The third kappa shape index (κ3) is 6.70. The van der Waals surface area contributed by atoms with Crippen LogP contribution in [-0.2, 0) is 14.8 Å². The van der Waals surface area contributed by atoms with Crippen molar-refractivity contribution in [2.24, 2.45) is 5.92 Å². The zero-order chi connectivity index (χ0) is 15.2. The Kier molecular flexibility index (Phi) is 6.95. The van der Waals surface area contributed by atoms with Crippen LogP contribution in [0.15, 0.2) is 0 Å². The molecule has 0 unspecified atom stereocenters. The number of sulfonamides is 1. The average Bonchev–Trinajstić information content (AvgIpc) is 2.34. The fourth-order valence-electron chi connectivity index (χ4n) is 2.57. The summed E-state index contributed by atoms with van der Waals surface area (Å²) in [6.45, 7) is 4.69. The topological polar surface area (TPSA) is 66.5 Å². The first-order valence-corrected chi connectivity index (χ1v) is 9.38. The molecule has 1 aliphatic rings. The highest BCUT2D eigenvalue weighted by Crippen LogP contribution is 2.17. The van der Waals surface area contributed by atoms with Crippen molar-refractivity contribution in [1.82, 2.24) is 9.62 Å². The molecule has 0 aromatic carbocycles. The summed E-state index contributed by atoms with van der Waals surface area (Å²) < 4.78 is 24.7. The molecule has 1 fully saturated rings. The largest absolute Gasteiger partial charge is 0.353 e. The third-order valence-electron chi connectivity index (χ3n) is 3.60. The van der Waals surface area contributed by atoms with E-state index in [1.165, 1.54) is 29.8 Å². The van der Waals surface area contributed by atoms with Crippen LogP contribution in [0, 0.1) is 5.92 Å². The van der Waals surface area contributed by atoms with Crippen LogP contribution in [0.3, 0.4) is 0 Å². The lowest BCUT2D eigenvalue weighted by atomic mass is 9.95. The zero-order valence-electron chi connectivity index (χ0n) is 12.9. The summed E-state index contributed by atoms with van der Waals surface area (Å²) in [5.41, 5.74) is 0. The first-order chi connectivity index (χ1) is 9.29. The molecule has 1 aliphatic carbocycles. The fourth-order valence-corrected chi connectivity index (χ4v) is 3.56. The number of amides is 1. The lowest BCUT2D eigenvalue weighted by molar-refractivity contribution is -0.122. The van der Waals surface area contributed by atoms with Gasteiger partial charge < -0.3 is 5.32 Å². The van der Waals surface area contributed by atoms with Crippen LogP contribution < -0.4 is 5.32 Å². The lowest BCUT2D eigenvalue weighted by Crippen LogP contribution is -2.40. The Morgan fingerprint density at radius 3 is 2.35 bits per heavy atom. The summed E-state index contributed by atoms with van der Waals surface area (Å²) in [5.74, 6) is 0.223. The van der Waals surface area contributed by atoms with Crippen molar-refractivity contribution in [1.29, 1.82) is 0 Å². The lowest BCUT2D eigenvalue weighted by Gasteiger charge is -2.24. The standard InChI is InChI=1S/C14H28N2O3S/c1-12(2)11-16(20(3,18)19)10-9-14(17)15-13-7-5-4-6-8-13/h12-13H,4-11H2,1-3H3,(H,15,17). The van der Waals surface area contributed by atoms with Crippen LogP contribution >= 0.6 is 0 Å². The van der Waals surface area contributed by atoms with Gasteiger partial charge in [-0.1, -0.05) is 33.1 Å². The molecule has 0 aromatic heterocycles. The van der Waals surface area contributed by atoms with Crippen molar-refractivity contribution in [3.8, 4) is 0 Å². The smallest absolute Gasteiger partial charge is 0.221 e. The molecule has 118 valence electrons. The van der Waals surface area contributed by atoms with E-state index in [0.717, 1.165) is 12.8 Å². The van der Waals surface area contributed by atoms with Crippen LogP contribution in [0.5, 0.6) is 0 Å². The van der Waals surface area contributed by atoms with E-state index >= 15 is 0 Å². The zero-order valence-corrected chi connectivity index (χ0v) is 13.7. The van der Waals surface area contributed by atoms with Gasteiger partial charge >= 0.3 is 0 Å². The highest BCUT2D eigenvalue weighted by atomic mass is 32.2. The molecule has 0 atom stereocenters. The van der Waals surface area contributed by atoms with E-state index in [-0.39, 0.29) is 30.8 Å². The first kappa shape index (κ1) is 17.4. The van der Waals surface area contributed by atoms with E-state index < -0.39 is 10.0 Å². The van der Waals surface area contributed by atoms with E-state index in [0.29, 0.717) is 6.54 Å². The molecule has 20 heavy (non-hydrogen) atoms. The maximum absolute atomic E-state index is 11.9. The molecular weight excluding hydrogens is 276 g/mol. The van der Waals surface area contributed by atoms with Gasteiger partial charge in [0, 0.05) is 25.6 Å². The van der Waals surface area contributed by atoms with Gasteiger partial charge in [0.15, 0.2) is 0 Å². The van der Waals surface area contributed by atoms with Crippen molar-refractivity contribution in [2.45, 2.75) is 58.4 Å². The number of hydrogen-bond acceptors (Lipinski definition) is 3. The molecule has 0 aliphatic heterocycles. The number of nitrogens with one attached hydrogen (secondary N) is 1. The molecule has 0 heterocycles. The minimum absolute atomic E-state index is 0.0330. The minimum Gasteiger partial charge on any atom is -0.353 e. The van der Waals surface area contributed by atoms with Gasteiger partial charge in [-0.05, 0) is 18.8 Å². The molecular formula is C14H28N2O3S. The SMILES string of the molecule is CC(C)CN(CCC(=O)NC1CCCCC1)S(C)(=O)=O. The van der Waals surface area contributed by atoms with Crippen molar-refractivity contribution in [3.63, 3.8) is 0 Å². The van der Waals surface area contributed by atoms with Crippen LogP contribution in [-0.4, -0.2) is 44.0 Å². The van der Waals surface area contributed by atoms with Gasteiger partial charge in [0.05, 0.1) is 6.26 Å². The van der Waals surface area contributed by atoms with Gasteiger partial charge in [0.1, 0.15) is 0 Å². The van der Waals surface area contributed by atoms with Gasteiger partial charge in [-0.3, -0.25) is 4.79 Å². The second kappa shape index (κ2) is 7.98. The molecule has 1 N–H and O–H groups in total. The maximum atomic E-state index is 11.9. The molecule has 5 nitrogen and oxygen atoms in total. The minimum atomic E-state index is -3.24. The average molecular weight is 304 g/mol. The molecule has 1 saturated carbocycles. The van der Waals surface area contributed by atoms with Gasteiger partial charge in [0.25, 0.3) is 0 Å². The van der Waals surface area contributed by atoms with Crippen molar-refractivity contribution < 1.29 is 13.2 Å². The predicted octanol–water partition coefficient (Wildman–Crippen LogP) is 1.74. The Morgan fingerprint density at radius 1 is 1.25 bits per heavy atom. The van der Waals surface area contributed by atoms with Crippen molar-refractivity contribution in [3.05, 3.63) is 0 Å². The monoisotopic (exact) mass is 304 g/mol. The Labute approximate surface area is 123 Å². The number of hydrogen-bond donors (Lipinski definition) is 1. The number of carbonyl (C=O) groups is 1. The van der Waals surface area contributed by atoms with Crippen molar-refractivity contribution in [2.75, 3.05) is 19.3 Å². The number of rotatable bonds is 7. The Hall–Kier alpha value is -0.620. The Balaban J connectivity index is 2.39. The summed E-state index contributed by atoms with van der Waals surface area (Å²) >= 11 is 0. The molecule has 0 saturated heterocycles. The summed E-state index contributed by atoms with van der Waals surface area (Å²) in [6.07, 6.45) is 7.15. The molecule has 1 amide bonds. The van der Waals surface area contributed by atoms with Crippen LogP contribution in [0.25, 0.3) is 0 Å². The highest BCUT2D eigenvalue weighted by molar-refractivity contribution is 7.88. The second-order valence-corrected chi connectivity index (χ2v) is 8.15. The van der Waals surface area contributed by atoms with Crippen LogP contribution in [0.2, 0.25) is 0 Å². The molecule has 1 rings (SSSR count). The summed E-state index contributed by atoms with van der Waals surface area (Å²) in [4.78, 5) is 11.9. The molecule has 0 spiro atoms.